The fraction of sp³-hybridized carbons (Fsp3) is 0. The molecule has 5 heteroatoms. The van der Waals surface area contributed by atoms with Crippen LogP contribution >= 0.6 is 12.6 Å². The highest BCUT2D eigenvalue weighted by atomic mass is 33.1. The van der Waals surface area contributed by atoms with Gasteiger partial charge in [-0.15, -0.1) is 12.6 Å². The van der Waals surface area contributed by atoms with Gasteiger partial charge in [-0.2, -0.15) is 0 Å². The number of aliphatic imine (C=N–C) groups is 1. The Hall–Kier alpha value is 0.0300. The highest BCUT2D eigenvalue weighted by Gasteiger charge is 2.20. The van der Waals surface area contributed by atoms with Crippen LogP contribution in [-0.4, -0.2) is 4.38 Å². The van der Waals surface area contributed by atoms with Crippen molar-refractivity contribution in [2.45, 2.75) is 4.90 Å². The van der Waals surface area contributed by atoms with Crippen LogP contribution in [0.2, 0.25) is 0 Å². The highest BCUT2D eigenvalue weighted by molar-refractivity contribution is 8.68. The molecule has 2 rings (SSSR count). The molecule has 0 radical (unpaired) electrons. The quantitative estimate of drug-likeness (QED) is 0.542. The Morgan fingerprint density at radius 2 is 1.92 bits per heavy atom. The third kappa shape index (κ3) is 1.12. The normalized spacial score (nSPS) is 18.6. The molecular formula is C7H5NS4. The number of thiol groups is 1. The maximum absolute atomic E-state index is 5.28. The van der Waals surface area contributed by atoms with E-state index in [-0.39, 0.29) is 0 Å². The zero-order valence-corrected chi connectivity index (χ0v) is 9.27. The summed E-state index contributed by atoms with van der Waals surface area (Å²) in [6.45, 7) is 0. The van der Waals surface area contributed by atoms with Crippen LogP contribution in [0.15, 0.2) is 34.2 Å². The van der Waals surface area contributed by atoms with Gasteiger partial charge in [-0.05, 0) is 41.7 Å². The first-order valence-corrected chi connectivity index (χ1v) is 7.17. The molecule has 0 N–H and O–H groups in total. The largest absolute Gasteiger partial charge is 0.233 e. The predicted molar refractivity (Wildman–Crippen MR) is 62.9 cm³/mol. The lowest BCUT2D eigenvalue weighted by Crippen LogP contribution is -1.99. The van der Waals surface area contributed by atoms with Crippen LogP contribution in [0, 0.1) is 0 Å². The Bertz CT molecular complexity index is 458. The Morgan fingerprint density at radius 3 is 2.58 bits per heavy atom. The molecule has 62 valence electrons. The zero-order valence-electron chi connectivity index (χ0n) is 5.93. The molecule has 0 fully saturated rings. The van der Waals surface area contributed by atoms with Crippen LogP contribution in [0.4, 0.5) is 5.69 Å². The van der Waals surface area contributed by atoms with Crippen molar-refractivity contribution < 1.29 is 0 Å². The molecule has 12 heavy (non-hydrogen) atoms. The predicted octanol–water partition coefficient (Wildman–Crippen LogP) is 2.05. The molecule has 1 aliphatic rings. The van der Waals surface area contributed by atoms with Gasteiger partial charge in [-0.25, -0.2) is 4.99 Å². The molecule has 0 saturated carbocycles. The summed E-state index contributed by atoms with van der Waals surface area (Å²) in [6, 6.07) is 7.71. The second kappa shape index (κ2) is 2.77. The molecule has 0 spiro atoms. The van der Waals surface area contributed by atoms with Crippen molar-refractivity contribution in [1.82, 2.24) is 0 Å². The van der Waals surface area contributed by atoms with Gasteiger partial charge in [0.25, 0.3) is 0 Å². The molecule has 0 bridgehead atoms. The van der Waals surface area contributed by atoms with E-state index in [2.05, 4.69) is 17.6 Å². The average Bonchev–Trinajstić information content (AvgIpc) is 2.25. The molecule has 0 amide bonds. The van der Waals surface area contributed by atoms with Crippen molar-refractivity contribution in [1.29, 1.82) is 0 Å². The molecule has 0 atom stereocenters. The Balaban J connectivity index is 2.83. The minimum Gasteiger partial charge on any atom is -0.233 e. The van der Waals surface area contributed by atoms with E-state index < -0.39 is 7.15 Å². The zero-order chi connectivity index (χ0) is 8.77. The van der Waals surface area contributed by atoms with Crippen molar-refractivity contribution in [2.75, 3.05) is 0 Å². The SMILES string of the molecule is S=S1(=S)C(S)=Nc2ccccc21. The van der Waals surface area contributed by atoms with E-state index >= 15 is 0 Å². The van der Waals surface area contributed by atoms with Crippen molar-refractivity contribution in [3.05, 3.63) is 24.3 Å². The van der Waals surface area contributed by atoms with Gasteiger partial charge in [0.2, 0.25) is 0 Å². The van der Waals surface area contributed by atoms with Gasteiger partial charge in [0.1, 0.15) is 4.38 Å². The molecule has 0 saturated heterocycles. The van der Waals surface area contributed by atoms with Crippen LogP contribution in [0.1, 0.15) is 0 Å². The first kappa shape index (κ1) is 8.62. The number of para-hydroxylation sites is 1. The van der Waals surface area contributed by atoms with Crippen LogP contribution in [-0.2, 0) is 29.5 Å². The Morgan fingerprint density at radius 1 is 1.25 bits per heavy atom. The van der Waals surface area contributed by atoms with E-state index in [1.54, 1.807) is 0 Å². The number of nitrogens with zero attached hydrogens (tertiary/aromatic N) is 1. The Kier molecular flexibility index (Phi) is 1.99. The smallest absolute Gasteiger partial charge is 0.139 e. The topological polar surface area (TPSA) is 12.4 Å². The monoisotopic (exact) mass is 231 g/mol. The lowest BCUT2D eigenvalue weighted by Gasteiger charge is -2.00. The second-order valence-electron chi connectivity index (χ2n) is 2.37. The summed E-state index contributed by atoms with van der Waals surface area (Å²) in [6.07, 6.45) is 0. The summed E-state index contributed by atoms with van der Waals surface area (Å²) in [5, 5.41) is 0. The van der Waals surface area contributed by atoms with E-state index in [1.807, 2.05) is 24.3 Å². The number of hydrogen-bond acceptors (Lipinski definition) is 3. The standard InChI is InChI=1S/C7H5NS4/c9-7-8-5-3-1-2-4-6(5)12(7,10)11/h1-4H,(H,8,9). The number of hydrogen-bond donors (Lipinski definition) is 1. The molecule has 1 heterocycles. The minimum absolute atomic E-state index is 0.619. The van der Waals surface area contributed by atoms with Crippen LogP contribution < -0.4 is 0 Å². The summed E-state index contributed by atoms with van der Waals surface area (Å²) < 4.78 is 0.619. The van der Waals surface area contributed by atoms with Crippen LogP contribution in [0.25, 0.3) is 0 Å². The van der Waals surface area contributed by atoms with Gasteiger partial charge in [0.15, 0.2) is 0 Å². The molecule has 0 unspecified atom stereocenters. The summed E-state index contributed by atoms with van der Waals surface area (Å²) in [5.41, 5.74) is 0.891. The van der Waals surface area contributed by atoms with Gasteiger partial charge in [-0.1, -0.05) is 12.1 Å². The molecule has 1 aliphatic heterocycles. The van der Waals surface area contributed by atoms with E-state index in [0.717, 1.165) is 10.6 Å². The number of rotatable bonds is 0. The Labute approximate surface area is 86.1 Å². The molecular weight excluding hydrogens is 226 g/mol. The molecule has 0 aliphatic carbocycles. The van der Waals surface area contributed by atoms with E-state index in [9.17, 15) is 0 Å². The lowest BCUT2D eigenvalue weighted by atomic mass is 10.3. The van der Waals surface area contributed by atoms with E-state index in [1.165, 1.54) is 0 Å². The average molecular weight is 231 g/mol. The fourth-order valence-corrected chi connectivity index (χ4v) is 3.57. The first-order valence-electron chi connectivity index (χ1n) is 3.24. The molecule has 1 nitrogen and oxygen atoms in total. The van der Waals surface area contributed by atoms with Crippen molar-refractivity contribution in [3.8, 4) is 0 Å². The molecule has 0 aromatic heterocycles. The van der Waals surface area contributed by atoms with E-state index in [0.29, 0.717) is 4.38 Å². The van der Waals surface area contributed by atoms with Crippen LogP contribution in [0.3, 0.4) is 0 Å². The van der Waals surface area contributed by atoms with E-state index in [4.69, 9.17) is 22.4 Å². The van der Waals surface area contributed by atoms with Crippen LogP contribution in [0.5, 0.6) is 0 Å². The summed E-state index contributed by atoms with van der Waals surface area (Å²) in [4.78, 5) is 5.20. The number of benzene rings is 1. The second-order valence-corrected chi connectivity index (χ2v) is 8.56. The summed E-state index contributed by atoms with van der Waals surface area (Å²) in [7, 11) is -1.70. The maximum atomic E-state index is 5.28. The third-order valence-electron chi connectivity index (χ3n) is 1.61. The number of fused-ring (bicyclic) bond motifs is 1. The molecule has 1 aromatic rings. The minimum atomic E-state index is -1.70. The summed E-state index contributed by atoms with van der Waals surface area (Å²) in [5.74, 6) is 0. The molecule has 1 aromatic carbocycles. The van der Waals surface area contributed by atoms with Crippen molar-refractivity contribution in [3.63, 3.8) is 0 Å². The van der Waals surface area contributed by atoms with Gasteiger partial charge >= 0.3 is 0 Å². The third-order valence-corrected chi connectivity index (χ3v) is 6.79. The van der Waals surface area contributed by atoms with Gasteiger partial charge < -0.3 is 0 Å². The fourth-order valence-electron chi connectivity index (χ4n) is 1.04. The van der Waals surface area contributed by atoms with Gasteiger partial charge in [0.05, 0.1) is 5.69 Å². The maximum Gasteiger partial charge on any atom is 0.139 e. The lowest BCUT2D eigenvalue weighted by molar-refractivity contribution is 1.41. The first-order chi connectivity index (χ1) is 5.62. The highest BCUT2D eigenvalue weighted by Crippen LogP contribution is 2.33. The van der Waals surface area contributed by atoms with Crippen molar-refractivity contribution >= 4 is 52.2 Å². The van der Waals surface area contributed by atoms with Crippen molar-refractivity contribution in [2.24, 2.45) is 4.99 Å². The van der Waals surface area contributed by atoms with Gasteiger partial charge in [-0.3, -0.25) is 0 Å². The summed E-state index contributed by atoms with van der Waals surface area (Å²) >= 11 is 14.8. The van der Waals surface area contributed by atoms with Gasteiger partial charge in [0, 0.05) is 4.90 Å².